The molecule has 0 spiro atoms. The first-order valence-electron chi connectivity index (χ1n) is 7.02. The number of hydrogen-bond donors (Lipinski definition) is 3. The van der Waals surface area contributed by atoms with Crippen molar-refractivity contribution in [3.05, 3.63) is 59.7 Å². The van der Waals surface area contributed by atoms with Crippen LogP contribution in [0, 0.1) is 6.92 Å². The van der Waals surface area contributed by atoms with Crippen LogP contribution in [0.3, 0.4) is 0 Å². The highest BCUT2D eigenvalue weighted by Gasteiger charge is 2.14. The molecule has 1 atom stereocenters. The average molecular weight is 300 g/mol. The number of benzene rings is 2. The number of methoxy groups -OCH3 is 1. The Morgan fingerprint density at radius 1 is 1.23 bits per heavy atom. The Labute approximate surface area is 129 Å². The zero-order chi connectivity index (χ0) is 15.9. The molecule has 5 nitrogen and oxygen atoms in total. The van der Waals surface area contributed by atoms with Crippen LogP contribution >= 0.6 is 0 Å². The molecule has 0 heterocycles. The van der Waals surface area contributed by atoms with Gasteiger partial charge in [0.25, 0.3) is 0 Å². The Morgan fingerprint density at radius 3 is 2.59 bits per heavy atom. The number of aliphatic hydroxyl groups excluding tert-OH is 1. The van der Waals surface area contributed by atoms with Crippen molar-refractivity contribution in [2.24, 2.45) is 0 Å². The molecule has 0 aliphatic heterocycles. The van der Waals surface area contributed by atoms with Gasteiger partial charge in [-0.25, -0.2) is 4.79 Å². The van der Waals surface area contributed by atoms with Crippen LogP contribution in [-0.4, -0.2) is 24.9 Å². The highest BCUT2D eigenvalue weighted by molar-refractivity contribution is 5.91. The average Bonchev–Trinajstić information content (AvgIpc) is 2.55. The van der Waals surface area contributed by atoms with Crippen molar-refractivity contribution < 1.29 is 14.6 Å². The van der Waals surface area contributed by atoms with Gasteiger partial charge < -0.3 is 20.5 Å². The van der Waals surface area contributed by atoms with Crippen molar-refractivity contribution in [1.82, 2.24) is 5.32 Å². The predicted octanol–water partition coefficient (Wildman–Crippen LogP) is 2.86. The molecule has 0 fully saturated rings. The van der Waals surface area contributed by atoms with Crippen LogP contribution in [0.15, 0.2) is 48.5 Å². The molecule has 0 aliphatic carbocycles. The number of carbonyl (C=O) groups excluding carboxylic acids is 1. The molecule has 116 valence electrons. The van der Waals surface area contributed by atoms with E-state index in [1.54, 1.807) is 13.2 Å². The largest absolute Gasteiger partial charge is 0.495 e. The summed E-state index contributed by atoms with van der Waals surface area (Å²) in [5.41, 5.74) is 2.46. The van der Waals surface area contributed by atoms with Gasteiger partial charge in [-0.2, -0.15) is 0 Å². The van der Waals surface area contributed by atoms with E-state index in [4.69, 9.17) is 4.74 Å². The first-order valence-corrected chi connectivity index (χ1v) is 7.02. The second-order valence-electron chi connectivity index (χ2n) is 4.95. The van der Waals surface area contributed by atoms with Gasteiger partial charge in [0, 0.05) is 0 Å². The highest BCUT2D eigenvalue weighted by Crippen LogP contribution is 2.25. The number of aliphatic hydroxyl groups is 1. The Kier molecular flexibility index (Phi) is 5.38. The Morgan fingerprint density at radius 2 is 1.95 bits per heavy atom. The van der Waals surface area contributed by atoms with E-state index in [9.17, 15) is 9.90 Å². The third kappa shape index (κ3) is 3.99. The van der Waals surface area contributed by atoms with E-state index in [2.05, 4.69) is 10.6 Å². The molecule has 5 heteroatoms. The molecule has 22 heavy (non-hydrogen) atoms. The number of ether oxygens (including phenoxy) is 1. The van der Waals surface area contributed by atoms with Gasteiger partial charge in [0.1, 0.15) is 5.75 Å². The van der Waals surface area contributed by atoms with Gasteiger partial charge in [0.2, 0.25) is 0 Å². The monoisotopic (exact) mass is 300 g/mol. The smallest absolute Gasteiger partial charge is 0.319 e. The molecule has 0 aromatic heterocycles. The molecular weight excluding hydrogens is 280 g/mol. The summed E-state index contributed by atoms with van der Waals surface area (Å²) in [7, 11) is 1.55. The van der Waals surface area contributed by atoms with Crippen LogP contribution in [0.1, 0.15) is 17.2 Å². The van der Waals surface area contributed by atoms with Gasteiger partial charge in [0.15, 0.2) is 0 Å². The maximum atomic E-state index is 12.1. The van der Waals surface area contributed by atoms with Gasteiger partial charge in [-0.05, 0) is 30.2 Å². The van der Waals surface area contributed by atoms with E-state index in [1.807, 2.05) is 49.4 Å². The minimum Gasteiger partial charge on any atom is -0.495 e. The Balaban J connectivity index is 2.06. The summed E-state index contributed by atoms with van der Waals surface area (Å²) in [6.07, 6.45) is 0. The van der Waals surface area contributed by atoms with Crippen molar-refractivity contribution >= 4 is 11.7 Å². The molecule has 0 aliphatic rings. The molecule has 2 aromatic carbocycles. The van der Waals surface area contributed by atoms with Crippen molar-refractivity contribution in [2.45, 2.75) is 13.0 Å². The minimum atomic E-state index is -0.461. The quantitative estimate of drug-likeness (QED) is 0.795. The predicted molar refractivity (Wildman–Crippen MR) is 86.2 cm³/mol. The lowest BCUT2D eigenvalue weighted by Crippen LogP contribution is -2.34. The van der Waals surface area contributed by atoms with Gasteiger partial charge in [0.05, 0.1) is 25.4 Å². The van der Waals surface area contributed by atoms with E-state index in [0.29, 0.717) is 11.4 Å². The topological polar surface area (TPSA) is 70.6 Å². The molecular formula is C17H20N2O3. The second kappa shape index (κ2) is 7.47. The van der Waals surface area contributed by atoms with Crippen LogP contribution in [0.25, 0.3) is 0 Å². The normalized spacial score (nSPS) is 11.6. The molecule has 0 unspecified atom stereocenters. The molecule has 0 bridgehead atoms. The maximum absolute atomic E-state index is 12.1. The lowest BCUT2D eigenvalue weighted by atomic mass is 10.1. The SMILES string of the molecule is COc1cc(C)ccc1NC(=O)N[C@H](CO)c1ccccc1. The Bertz CT molecular complexity index is 629. The number of carbonyl (C=O) groups is 1. The molecule has 0 saturated heterocycles. The van der Waals surface area contributed by atoms with Crippen LogP contribution in [0.5, 0.6) is 5.75 Å². The molecule has 0 radical (unpaired) electrons. The summed E-state index contributed by atoms with van der Waals surface area (Å²) < 4.78 is 5.25. The van der Waals surface area contributed by atoms with Gasteiger partial charge >= 0.3 is 6.03 Å². The summed E-state index contributed by atoms with van der Waals surface area (Å²) in [4.78, 5) is 12.1. The van der Waals surface area contributed by atoms with Crippen LogP contribution in [-0.2, 0) is 0 Å². The second-order valence-corrected chi connectivity index (χ2v) is 4.95. The third-order valence-electron chi connectivity index (χ3n) is 3.30. The van der Waals surface area contributed by atoms with E-state index in [0.717, 1.165) is 11.1 Å². The summed E-state index contributed by atoms with van der Waals surface area (Å²) in [6, 6.07) is 14.0. The zero-order valence-electron chi connectivity index (χ0n) is 12.7. The number of nitrogens with one attached hydrogen (secondary N) is 2. The maximum Gasteiger partial charge on any atom is 0.319 e. The third-order valence-corrected chi connectivity index (χ3v) is 3.30. The fraction of sp³-hybridized carbons (Fsp3) is 0.235. The number of anilines is 1. The molecule has 2 aromatic rings. The van der Waals surface area contributed by atoms with Gasteiger partial charge in [-0.15, -0.1) is 0 Å². The summed E-state index contributed by atoms with van der Waals surface area (Å²) in [5, 5.41) is 14.9. The Hall–Kier alpha value is -2.53. The number of aryl methyl sites for hydroxylation is 1. The van der Waals surface area contributed by atoms with Crippen LogP contribution in [0.4, 0.5) is 10.5 Å². The molecule has 2 amide bonds. The minimum absolute atomic E-state index is 0.178. The first-order chi connectivity index (χ1) is 10.6. The van der Waals surface area contributed by atoms with Crippen LogP contribution in [0.2, 0.25) is 0 Å². The van der Waals surface area contributed by atoms with Crippen molar-refractivity contribution in [2.75, 3.05) is 19.0 Å². The number of amides is 2. The van der Waals surface area contributed by atoms with Gasteiger partial charge in [-0.1, -0.05) is 36.4 Å². The van der Waals surface area contributed by atoms with Crippen molar-refractivity contribution in [1.29, 1.82) is 0 Å². The summed E-state index contributed by atoms with van der Waals surface area (Å²) in [6.45, 7) is 1.77. The van der Waals surface area contributed by atoms with E-state index >= 15 is 0 Å². The first kappa shape index (κ1) is 15.9. The lowest BCUT2D eigenvalue weighted by molar-refractivity contribution is 0.225. The summed E-state index contributed by atoms with van der Waals surface area (Å²) in [5.74, 6) is 0.593. The fourth-order valence-electron chi connectivity index (χ4n) is 2.14. The molecule has 0 saturated carbocycles. The lowest BCUT2D eigenvalue weighted by Gasteiger charge is -2.18. The number of rotatable bonds is 5. The molecule has 2 rings (SSSR count). The van der Waals surface area contributed by atoms with Crippen molar-refractivity contribution in [3.8, 4) is 5.75 Å². The van der Waals surface area contributed by atoms with Gasteiger partial charge in [-0.3, -0.25) is 0 Å². The molecule has 3 N–H and O–H groups in total. The van der Waals surface area contributed by atoms with Crippen LogP contribution < -0.4 is 15.4 Å². The van der Waals surface area contributed by atoms with E-state index < -0.39 is 12.1 Å². The highest BCUT2D eigenvalue weighted by atomic mass is 16.5. The fourth-order valence-corrected chi connectivity index (χ4v) is 2.14. The zero-order valence-corrected chi connectivity index (χ0v) is 12.7. The number of urea groups is 1. The standard InChI is InChI=1S/C17H20N2O3/c1-12-8-9-14(16(10-12)22-2)18-17(21)19-15(11-20)13-6-4-3-5-7-13/h3-10,15,20H,11H2,1-2H3,(H2,18,19,21)/t15-/m1/s1. The van der Waals surface area contributed by atoms with E-state index in [-0.39, 0.29) is 6.61 Å². The number of hydrogen-bond acceptors (Lipinski definition) is 3. The summed E-state index contributed by atoms with van der Waals surface area (Å²) >= 11 is 0. The van der Waals surface area contributed by atoms with Crippen molar-refractivity contribution in [3.63, 3.8) is 0 Å². The van der Waals surface area contributed by atoms with E-state index in [1.165, 1.54) is 0 Å².